The Morgan fingerprint density at radius 3 is 2.85 bits per heavy atom. The van der Waals surface area contributed by atoms with Crippen molar-refractivity contribution in [2.45, 2.75) is 26.3 Å². The second-order valence-corrected chi connectivity index (χ2v) is 3.39. The number of hydrogen-bond donors (Lipinski definition) is 0. The highest BCUT2D eigenvalue weighted by Gasteiger charge is 2.08. The van der Waals surface area contributed by atoms with Gasteiger partial charge in [0.15, 0.2) is 0 Å². The van der Waals surface area contributed by atoms with Crippen LogP contribution in [-0.4, -0.2) is 23.1 Å². The molecule has 0 radical (unpaired) electrons. The van der Waals surface area contributed by atoms with Crippen LogP contribution < -0.4 is 4.90 Å². The predicted molar refractivity (Wildman–Crippen MR) is 55.2 cm³/mol. The third-order valence-corrected chi connectivity index (χ3v) is 2.41. The van der Waals surface area contributed by atoms with Gasteiger partial charge in [0, 0.05) is 19.3 Å². The lowest BCUT2D eigenvalue weighted by atomic mass is 10.2. The lowest BCUT2D eigenvalue weighted by Crippen LogP contribution is -2.28. The molecule has 0 N–H and O–H groups in total. The topological polar surface area (TPSA) is 29.0 Å². The molecule has 1 rings (SSSR count). The largest absolute Gasteiger partial charge is 0.357 e. The van der Waals surface area contributed by atoms with Crippen LogP contribution in [0.25, 0.3) is 0 Å². The third kappa shape index (κ3) is 2.56. The van der Waals surface area contributed by atoms with Gasteiger partial charge in [-0.3, -0.25) is 0 Å². The molecule has 0 fully saturated rings. The van der Waals surface area contributed by atoms with Gasteiger partial charge in [-0.05, 0) is 31.0 Å². The van der Waals surface area contributed by atoms with Crippen LogP contribution in [0.3, 0.4) is 0 Å². The molecule has 1 unspecified atom stereocenters. The zero-order chi connectivity index (χ0) is 9.84. The normalized spacial score (nSPS) is 12.6. The molecule has 0 saturated carbocycles. The van der Waals surface area contributed by atoms with Gasteiger partial charge in [-0.25, -0.2) is 9.97 Å². The molecule has 0 saturated heterocycles. The van der Waals surface area contributed by atoms with E-state index in [1.165, 1.54) is 0 Å². The van der Waals surface area contributed by atoms with Crippen molar-refractivity contribution in [2.24, 2.45) is 0 Å². The number of halogens is 1. The first-order valence-electron chi connectivity index (χ1n) is 4.36. The summed E-state index contributed by atoms with van der Waals surface area (Å²) in [7, 11) is 2.01. The van der Waals surface area contributed by atoms with E-state index in [9.17, 15) is 0 Å². The molecular weight excluding hydrogens is 186 g/mol. The Morgan fingerprint density at radius 2 is 2.31 bits per heavy atom. The van der Waals surface area contributed by atoms with E-state index in [4.69, 9.17) is 11.6 Å². The number of hydrogen-bond acceptors (Lipinski definition) is 3. The Labute approximate surface area is 83.8 Å². The van der Waals surface area contributed by atoms with Gasteiger partial charge in [0.25, 0.3) is 0 Å². The smallest absolute Gasteiger partial charge is 0.224 e. The molecule has 72 valence electrons. The fourth-order valence-electron chi connectivity index (χ4n) is 1.02. The van der Waals surface area contributed by atoms with Gasteiger partial charge in [-0.15, -0.1) is 0 Å². The Bertz CT molecular complexity index is 277. The maximum Gasteiger partial charge on any atom is 0.224 e. The predicted octanol–water partition coefficient (Wildman–Crippen LogP) is 2.36. The molecule has 1 atom stereocenters. The van der Waals surface area contributed by atoms with E-state index in [0.29, 0.717) is 11.3 Å². The molecule has 1 aromatic rings. The van der Waals surface area contributed by atoms with E-state index in [2.05, 4.69) is 28.7 Å². The molecule has 0 spiro atoms. The van der Waals surface area contributed by atoms with Gasteiger partial charge >= 0.3 is 0 Å². The second-order valence-electron chi connectivity index (χ2n) is 3.05. The maximum atomic E-state index is 5.69. The molecular formula is C9H14ClN3. The van der Waals surface area contributed by atoms with Crippen molar-refractivity contribution in [3.05, 3.63) is 17.5 Å². The average Bonchev–Trinajstić information content (AvgIpc) is 2.15. The molecule has 0 aliphatic carbocycles. The number of nitrogens with zero attached hydrogens (tertiary/aromatic N) is 3. The van der Waals surface area contributed by atoms with Crippen molar-refractivity contribution in [2.75, 3.05) is 11.9 Å². The first kappa shape index (κ1) is 10.3. The van der Waals surface area contributed by atoms with E-state index in [-0.39, 0.29) is 0 Å². The molecule has 1 aromatic heterocycles. The van der Waals surface area contributed by atoms with Crippen LogP contribution in [0.1, 0.15) is 20.3 Å². The van der Waals surface area contributed by atoms with Crippen LogP contribution in [-0.2, 0) is 0 Å². The second kappa shape index (κ2) is 4.42. The zero-order valence-corrected chi connectivity index (χ0v) is 8.91. The molecule has 0 aliphatic heterocycles. The summed E-state index contributed by atoms with van der Waals surface area (Å²) in [5.41, 5.74) is 0. The molecule has 0 aromatic carbocycles. The average molecular weight is 200 g/mol. The molecule has 0 amide bonds. The van der Waals surface area contributed by atoms with E-state index in [1.807, 2.05) is 13.1 Å². The van der Waals surface area contributed by atoms with Gasteiger partial charge in [0.05, 0.1) is 0 Å². The lowest BCUT2D eigenvalue weighted by molar-refractivity contribution is 0.656. The molecule has 4 heteroatoms. The Kier molecular flexibility index (Phi) is 3.48. The number of aromatic nitrogens is 2. The van der Waals surface area contributed by atoms with Crippen LogP contribution in [0.2, 0.25) is 5.28 Å². The summed E-state index contributed by atoms with van der Waals surface area (Å²) in [6.07, 6.45) is 2.75. The summed E-state index contributed by atoms with van der Waals surface area (Å²) >= 11 is 5.69. The SMILES string of the molecule is CCC(C)N(C)c1ccnc(Cl)n1. The zero-order valence-electron chi connectivity index (χ0n) is 8.16. The van der Waals surface area contributed by atoms with Crippen molar-refractivity contribution >= 4 is 17.4 Å². The highest BCUT2D eigenvalue weighted by atomic mass is 35.5. The van der Waals surface area contributed by atoms with E-state index < -0.39 is 0 Å². The Morgan fingerprint density at radius 1 is 1.62 bits per heavy atom. The first-order chi connectivity index (χ1) is 6.15. The summed E-state index contributed by atoms with van der Waals surface area (Å²) in [4.78, 5) is 10.0. The van der Waals surface area contributed by atoms with Crippen molar-refractivity contribution in [1.82, 2.24) is 9.97 Å². The van der Waals surface area contributed by atoms with Crippen molar-refractivity contribution in [3.63, 3.8) is 0 Å². The lowest BCUT2D eigenvalue weighted by Gasteiger charge is -2.24. The minimum atomic E-state index is 0.299. The van der Waals surface area contributed by atoms with Crippen LogP contribution in [0, 0.1) is 0 Å². The third-order valence-electron chi connectivity index (χ3n) is 2.22. The van der Waals surface area contributed by atoms with E-state index in [1.54, 1.807) is 6.20 Å². The molecule has 0 bridgehead atoms. The molecule has 3 nitrogen and oxygen atoms in total. The summed E-state index contributed by atoms with van der Waals surface area (Å²) < 4.78 is 0. The monoisotopic (exact) mass is 199 g/mol. The highest BCUT2D eigenvalue weighted by Crippen LogP contribution is 2.14. The minimum Gasteiger partial charge on any atom is -0.357 e. The van der Waals surface area contributed by atoms with Crippen LogP contribution in [0.5, 0.6) is 0 Å². The fourth-order valence-corrected chi connectivity index (χ4v) is 1.17. The molecule has 13 heavy (non-hydrogen) atoms. The van der Waals surface area contributed by atoms with Gasteiger partial charge < -0.3 is 4.90 Å². The van der Waals surface area contributed by atoms with Crippen molar-refractivity contribution in [3.8, 4) is 0 Å². The summed E-state index contributed by atoms with van der Waals surface area (Å²) in [6.45, 7) is 4.29. The minimum absolute atomic E-state index is 0.299. The van der Waals surface area contributed by atoms with Crippen LogP contribution in [0.4, 0.5) is 5.82 Å². The van der Waals surface area contributed by atoms with E-state index in [0.717, 1.165) is 12.2 Å². The Balaban J connectivity index is 2.82. The standard InChI is InChI=1S/C9H14ClN3/c1-4-7(2)13(3)8-5-6-11-9(10)12-8/h5-7H,4H2,1-3H3. The first-order valence-corrected chi connectivity index (χ1v) is 4.74. The maximum absolute atomic E-state index is 5.69. The van der Waals surface area contributed by atoms with Crippen LogP contribution >= 0.6 is 11.6 Å². The van der Waals surface area contributed by atoms with Gasteiger partial charge in [0.1, 0.15) is 5.82 Å². The van der Waals surface area contributed by atoms with Crippen LogP contribution in [0.15, 0.2) is 12.3 Å². The molecule has 1 heterocycles. The van der Waals surface area contributed by atoms with Gasteiger partial charge in [-0.2, -0.15) is 0 Å². The number of anilines is 1. The van der Waals surface area contributed by atoms with Gasteiger partial charge in [0.2, 0.25) is 5.28 Å². The van der Waals surface area contributed by atoms with E-state index >= 15 is 0 Å². The summed E-state index contributed by atoms with van der Waals surface area (Å²) in [5.74, 6) is 0.870. The van der Waals surface area contributed by atoms with Crippen molar-refractivity contribution < 1.29 is 0 Å². The van der Waals surface area contributed by atoms with Crippen molar-refractivity contribution in [1.29, 1.82) is 0 Å². The fraction of sp³-hybridized carbons (Fsp3) is 0.556. The molecule has 0 aliphatic rings. The highest BCUT2D eigenvalue weighted by molar-refractivity contribution is 6.28. The quantitative estimate of drug-likeness (QED) is 0.700. The number of rotatable bonds is 3. The summed E-state index contributed by atoms with van der Waals surface area (Å²) in [5, 5.41) is 0.299. The van der Waals surface area contributed by atoms with Gasteiger partial charge in [-0.1, -0.05) is 6.92 Å². The summed E-state index contributed by atoms with van der Waals surface area (Å²) in [6, 6.07) is 2.32. The Hall–Kier alpha value is -0.830.